The Morgan fingerprint density at radius 3 is 2.52 bits per heavy atom. The molecule has 1 saturated heterocycles. The van der Waals surface area contributed by atoms with Crippen LogP contribution in [0.3, 0.4) is 0 Å². The Hall–Kier alpha value is -3.04. The normalized spacial score (nSPS) is 24.5. The van der Waals surface area contributed by atoms with E-state index in [1.165, 1.54) is 6.92 Å². The number of hydrogen-bond acceptors (Lipinski definition) is 10. The molecule has 0 spiro atoms. The van der Waals surface area contributed by atoms with E-state index in [0.29, 0.717) is 9.95 Å². The Labute approximate surface area is 243 Å². The van der Waals surface area contributed by atoms with Crippen molar-refractivity contribution in [1.82, 2.24) is 14.6 Å². The van der Waals surface area contributed by atoms with Crippen molar-refractivity contribution >= 4 is 35.2 Å². The second kappa shape index (κ2) is 12.7. The average Bonchev–Trinajstić information content (AvgIpc) is 3.18. The molecular formula is C26H30F2N3O9PS. The van der Waals surface area contributed by atoms with E-state index >= 15 is 0 Å². The molecule has 1 unspecified atom stereocenters. The van der Waals surface area contributed by atoms with Gasteiger partial charge in [-0.3, -0.25) is 19.1 Å². The number of halogens is 2. The number of fused-ring (bicyclic) bond motifs is 1. The molecule has 4 rings (SSSR count). The van der Waals surface area contributed by atoms with Gasteiger partial charge in [0.1, 0.15) is 24.0 Å². The predicted molar refractivity (Wildman–Crippen MR) is 151 cm³/mol. The lowest BCUT2D eigenvalue weighted by Crippen LogP contribution is -2.53. The van der Waals surface area contributed by atoms with Gasteiger partial charge in [-0.05, 0) is 44.0 Å². The third kappa shape index (κ3) is 6.62. The first kappa shape index (κ1) is 31.9. The second-order valence-electron chi connectivity index (χ2n) is 9.89. The molecule has 42 heavy (non-hydrogen) atoms. The maximum absolute atomic E-state index is 14.6. The van der Waals surface area contributed by atoms with Gasteiger partial charge in [-0.25, -0.2) is 18.7 Å². The predicted octanol–water partition coefficient (Wildman–Crippen LogP) is 2.19. The summed E-state index contributed by atoms with van der Waals surface area (Å²) in [6.07, 6.45) is -9.11. The number of hydrogen-bond donors (Lipinski definition) is 4. The third-order valence-corrected chi connectivity index (χ3v) is 8.90. The van der Waals surface area contributed by atoms with Crippen molar-refractivity contribution in [1.29, 1.82) is 0 Å². The maximum atomic E-state index is 14.6. The highest BCUT2D eigenvalue weighted by molar-refractivity contribution is 8.09. The molecule has 4 N–H and O–H groups in total. The number of aliphatic hydroxyl groups is 2. The minimum Gasteiger partial charge on any atom is -0.462 e. The number of alkyl halides is 2. The van der Waals surface area contributed by atoms with Crippen LogP contribution in [0.15, 0.2) is 64.3 Å². The Morgan fingerprint density at radius 1 is 1.17 bits per heavy atom. The van der Waals surface area contributed by atoms with Gasteiger partial charge in [0.15, 0.2) is 11.8 Å². The molecule has 3 aromatic rings. The SMILES string of the molecule is CC(C)OC(=O)[C@H](C)NP(=S)(OC[C@@]1(C(F)F)O[C@@H](n2ccc(=O)[nH]c2=O)[C@@H](O)[C@@H]1O)Oc1cccc2ccccc12. The molecule has 0 bridgehead atoms. The molecular weight excluding hydrogens is 599 g/mol. The number of aromatic nitrogens is 2. The van der Waals surface area contributed by atoms with Gasteiger partial charge in [0, 0.05) is 17.6 Å². The van der Waals surface area contributed by atoms with E-state index in [4.69, 9.17) is 30.3 Å². The molecule has 0 aliphatic carbocycles. The first-order chi connectivity index (χ1) is 19.8. The summed E-state index contributed by atoms with van der Waals surface area (Å²) in [7, 11) is 0. The Morgan fingerprint density at radius 2 is 1.86 bits per heavy atom. The summed E-state index contributed by atoms with van der Waals surface area (Å²) in [5.41, 5.74) is -4.72. The number of esters is 1. The van der Waals surface area contributed by atoms with Crippen LogP contribution in [-0.4, -0.2) is 68.7 Å². The molecule has 12 nitrogen and oxygen atoms in total. The van der Waals surface area contributed by atoms with Crippen molar-refractivity contribution in [2.75, 3.05) is 6.61 Å². The minimum absolute atomic E-state index is 0.227. The van der Waals surface area contributed by atoms with Crippen molar-refractivity contribution in [2.45, 2.75) is 63.4 Å². The number of aromatic amines is 1. The number of H-pyrrole nitrogens is 1. The number of ether oxygens (including phenoxy) is 2. The van der Waals surface area contributed by atoms with Crippen LogP contribution >= 0.6 is 6.64 Å². The van der Waals surface area contributed by atoms with Crippen LogP contribution in [0.1, 0.15) is 27.0 Å². The van der Waals surface area contributed by atoms with Crippen molar-refractivity contribution in [2.24, 2.45) is 0 Å². The molecule has 6 atom stereocenters. The fourth-order valence-corrected chi connectivity index (χ4v) is 6.75. The van der Waals surface area contributed by atoms with Gasteiger partial charge in [0.2, 0.25) is 0 Å². The van der Waals surface area contributed by atoms with Crippen LogP contribution in [0.5, 0.6) is 5.75 Å². The van der Waals surface area contributed by atoms with E-state index in [-0.39, 0.29) is 5.75 Å². The van der Waals surface area contributed by atoms with Crippen LogP contribution in [0, 0.1) is 0 Å². The van der Waals surface area contributed by atoms with E-state index in [1.54, 1.807) is 38.1 Å². The van der Waals surface area contributed by atoms with Crippen LogP contribution in [-0.2, 0) is 30.6 Å². The first-order valence-electron chi connectivity index (χ1n) is 12.8. The lowest BCUT2D eigenvalue weighted by molar-refractivity contribution is -0.192. The number of nitrogens with one attached hydrogen (secondary N) is 2. The maximum Gasteiger partial charge on any atom is 0.330 e. The monoisotopic (exact) mass is 629 g/mol. The van der Waals surface area contributed by atoms with Crippen LogP contribution < -0.4 is 20.9 Å². The summed E-state index contributed by atoms with van der Waals surface area (Å²) in [4.78, 5) is 38.2. The van der Waals surface area contributed by atoms with E-state index in [1.807, 2.05) is 23.2 Å². The van der Waals surface area contributed by atoms with Crippen LogP contribution in [0.2, 0.25) is 0 Å². The summed E-state index contributed by atoms with van der Waals surface area (Å²) in [5, 5.41) is 25.5. The van der Waals surface area contributed by atoms with Gasteiger partial charge in [-0.15, -0.1) is 0 Å². The van der Waals surface area contributed by atoms with Crippen molar-refractivity contribution in [3.8, 4) is 5.75 Å². The number of carbonyl (C=O) groups excluding carboxylic acids is 1. The molecule has 0 amide bonds. The fourth-order valence-electron chi connectivity index (χ4n) is 4.33. The number of benzene rings is 2. The molecule has 0 saturated carbocycles. The summed E-state index contributed by atoms with van der Waals surface area (Å²) in [6, 6.07) is 12.0. The van der Waals surface area contributed by atoms with Gasteiger partial charge >= 0.3 is 18.3 Å². The summed E-state index contributed by atoms with van der Waals surface area (Å²) >= 11 is 5.66. The molecule has 1 aliphatic rings. The Kier molecular flexibility index (Phi) is 9.62. The zero-order valence-electron chi connectivity index (χ0n) is 22.7. The standard InChI is InChI=1S/C26H30F2N3O9PS/c1-14(2)38-23(35)15(3)30-41(42,40-18-10-6-8-16-7-4-5-9-17(16)18)37-13-26(24(27)28)21(34)20(33)22(39-26)31-12-11-19(32)29-25(31)36/h4-12,14-15,20-22,24,33-34H,13H2,1-3H3,(H,30,42)(H,29,32,36)/t15-,20-,21-,22+,26+,41?/m0/s1. The van der Waals surface area contributed by atoms with Crippen molar-refractivity contribution in [3.63, 3.8) is 0 Å². The number of carbonyl (C=O) groups is 1. The second-order valence-corrected chi connectivity index (χ2v) is 13.0. The smallest absolute Gasteiger partial charge is 0.330 e. The number of rotatable bonds is 11. The Balaban J connectivity index is 1.68. The van der Waals surface area contributed by atoms with E-state index in [9.17, 15) is 33.4 Å². The molecule has 228 valence electrons. The summed E-state index contributed by atoms with van der Waals surface area (Å²) < 4.78 is 52.4. The lowest BCUT2D eigenvalue weighted by Gasteiger charge is -2.34. The zero-order valence-corrected chi connectivity index (χ0v) is 24.4. The molecule has 1 fully saturated rings. The largest absolute Gasteiger partial charge is 0.462 e. The van der Waals surface area contributed by atoms with Crippen LogP contribution in [0.4, 0.5) is 8.78 Å². The van der Waals surface area contributed by atoms with Crippen molar-refractivity contribution in [3.05, 3.63) is 75.6 Å². The van der Waals surface area contributed by atoms with Gasteiger partial charge in [0.05, 0.1) is 12.7 Å². The van der Waals surface area contributed by atoms with Gasteiger partial charge in [-0.1, -0.05) is 36.4 Å². The third-order valence-electron chi connectivity index (χ3n) is 6.44. The number of nitrogens with zero attached hydrogens (tertiary/aromatic N) is 1. The van der Waals surface area contributed by atoms with Gasteiger partial charge in [0.25, 0.3) is 12.0 Å². The van der Waals surface area contributed by atoms with Gasteiger partial charge in [-0.2, -0.15) is 0 Å². The molecule has 2 heterocycles. The van der Waals surface area contributed by atoms with E-state index in [0.717, 1.165) is 17.6 Å². The van der Waals surface area contributed by atoms with E-state index < -0.39 is 73.1 Å². The Bertz CT molecular complexity index is 1600. The number of aliphatic hydroxyl groups excluding tert-OH is 2. The van der Waals surface area contributed by atoms with Crippen molar-refractivity contribution < 1.29 is 42.3 Å². The topological polar surface area (TPSA) is 161 Å². The highest BCUT2D eigenvalue weighted by atomic mass is 32.5. The lowest BCUT2D eigenvalue weighted by atomic mass is 9.96. The quantitative estimate of drug-likeness (QED) is 0.182. The first-order valence-corrected chi connectivity index (χ1v) is 15.4. The van der Waals surface area contributed by atoms with E-state index in [2.05, 4.69) is 5.09 Å². The molecule has 1 aliphatic heterocycles. The highest BCUT2D eigenvalue weighted by Crippen LogP contribution is 2.50. The molecule has 0 radical (unpaired) electrons. The average molecular weight is 630 g/mol. The minimum atomic E-state index is -3.93. The van der Waals surface area contributed by atoms with Gasteiger partial charge < -0.3 is 28.7 Å². The molecule has 1 aromatic heterocycles. The zero-order chi connectivity index (χ0) is 30.8. The fraction of sp³-hybridized carbons (Fsp3) is 0.423. The van der Waals surface area contributed by atoms with Crippen LogP contribution in [0.25, 0.3) is 10.8 Å². The summed E-state index contributed by atoms with van der Waals surface area (Å²) in [5.74, 6) is -0.483. The highest BCUT2D eigenvalue weighted by Gasteiger charge is 2.61. The molecule has 16 heteroatoms. The summed E-state index contributed by atoms with van der Waals surface area (Å²) in [6.45, 7) is -0.343. The molecule has 2 aromatic carbocycles.